The molecule has 0 unspecified atom stereocenters. The van der Waals surface area contributed by atoms with E-state index in [2.05, 4.69) is 12.0 Å². The van der Waals surface area contributed by atoms with Crippen LogP contribution in [0, 0.1) is 5.92 Å². The summed E-state index contributed by atoms with van der Waals surface area (Å²) in [6.45, 7) is 2.20. The third kappa shape index (κ3) is 2.44. The van der Waals surface area contributed by atoms with Crippen LogP contribution in [0.25, 0.3) is 0 Å². The maximum absolute atomic E-state index is 10.9. The van der Waals surface area contributed by atoms with E-state index in [1.807, 2.05) is 0 Å². The molecule has 1 aliphatic rings. The highest BCUT2D eigenvalue weighted by Gasteiger charge is 2.24. The number of carboxylic acid groups (broad SMARTS) is 1. The Balaban J connectivity index is 2.14. The highest BCUT2D eigenvalue weighted by molar-refractivity contribution is 5.95. The van der Waals surface area contributed by atoms with Gasteiger partial charge in [0, 0.05) is 6.20 Å². The quantitative estimate of drug-likeness (QED) is 0.833. The Hall–Kier alpha value is -1.65. The van der Waals surface area contributed by atoms with Crippen LogP contribution in [0.4, 0.5) is 0 Å². The molecular formula is C13H18N2O3. The largest absolute Gasteiger partial charge is 0.476 e. The highest BCUT2D eigenvalue weighted by Crippen LogP contribution is 2.33. The van der Waals surface area contributed by atoms with Gasteiger partial charge in [0.25, 0.3) is 0 Å². The van der Waals surface area contributed by atoms with Gasteiger partial charge in [-0.15, -0.1) is 0 Å². The summed E-state index contributed by atoms with van der Waals surface area (Å²) < 4.78 is 1.67. The smallest absolute Gasteiger partial charge is 0.357 e. The van der Waals surface area contributed by atoms with E-state index in [-0.39, 0.29) is 17.3 Å². The second-order valence-corrected chi connectivity index (χ2v) is 4.92. The number of aldehydes is 1. The van der Waals surface area contributed by atoms with Gasteiger partial charge in [0.2, 0.25) is 0 Å². The summed E-state index contributed by atoms with van der Waals surface area (Å²) in [4.78, 5) is 21.8. The van der Waals surface area contributed by atoms with E-state index in [1.165, 1.54) is 6.42 Å². The van der Waals surface area contributed by atoms with Crippen molar-refractivity contribution in [2.45, 2.75) is 45.1 Å². The van der Waals surface area contributed by atoms with Gasteiger partial charge in [-0.25, -0.2) is 4.79 Å². The van der Waals surface area contributed by atoms with Crippen LogP contribution >= 0.6 is 0 Å². The molecule has 1 aliphatic carbocycles. The van der Waals surface area contributed by atoms with E-state index in [4.69, 9.17) is 5.11 Å². The van der Waals surface area contributed by atoms with E-state index in [0.717, 1.165) is 31.6 Å². The van der Waals surface area contributed by atoms with Crippen molar-refractivity contribution in [3.8, 4) is 0 Å². The van der Waals surface area contributed by atoms with Crippen LogP contribution in [0.1, 0.15) is 65.9 Å². The minimum Gasteiger partial charge on any atom is -0.476 e. The van der Waals surface area contributed by atoms with Gasteiger partial charge < -0.3 is 5.11 Å². The van der Waals surface area contributed by atoms with E-state index in [9.17, 15) is 9.59 Å². The third-order valence-corrected chi connectivity index (χ3v) is 3.86. The molecule has 0 radical (unpaired) electrons. The summed E-state index contributed by atoms with van der Waals surface area (Å²) in [6.07, 6.45) is 7.65. The van der Waals surface area contributed by atoms with Gasteiger partial charge in [-0.1, -0.05) is 13.3 Å². The summed E-state index contributed by atoms with van der Waals surface area (Å²) >= 11 is 0. The fraction of sp³-hybridized carbons (Fsp3) is 0.615. The molecule has 0 spiro atoms. The Morgan fingerprint density at radius 3 is 2.61 bits per heavy atom. The fourth-order valence-electron chi connectivity index (χ4n) is 2.66. The van der Waals surface area contributed by atoms with Crippen molar-refractivity contribution in [3.05, 3.63) is 17.5 Å². The van der Waals surface area contributed by atoms with Crippen molar-refractivity contribution in [2.75, 3.05) is 0 Å². The summed E-state index contributed by atoms with van der Waals surface area (Å²) in [5, 5.41) is 13.0. The zero-order valence-electron chi connectivity index (χ0n) is 10.5. The molecule has 0 amide bonds. The molecule has 18 heavy (non-hydrogen) atoms. The topological polar surface area (TPSA) is 72.2 Å². The van der Waals surface area contributed by atoms with Crippen molar-refractivity contribution >= 4 is 12.3 Å². The molecule has 5 nitrogen and oxygen atoms in total. The minimum atomic E-state index is -1.14. The first-order valence-electron chi connectivity index (χ1n) is 6.43. The van der Waals surface area contributed by atoms with Crippen LogP contribution in [0.15, 0.2) is 6.20 Å². The Morgan fingerprint density at radius 2 is 2.17 bits per heavy atom. The van der Waals surface area contributed by atoms with Crippen molar-refractivity contribution in [2.24, 2.45) is 5.92 Å². The van der Waals surface area contributed by atoms with Gasteiger partial charge >= 0.3 is 5.97 Å². The van der Waals surface area contributed by atoms with Gasteiger partial charge in [-0.05, 0) is 31.6 Å². The van der Waals surface area contributed by atoms with Gasteiger partial charge in [0.05, 0.1) is 11.6 Å². The molecule has 2 rings (SSSR count). The molecular weight excluding hydrogens is 232 g/mol. The lowest BCUT2D eigenvalue weighted by molar-refractivity contribution is 0.0686. The van der Waals surface area contributed by atoms with Crippen LogP contribution in [-0.4, -0.2) is 27.1 Å². The summed E-state index contributed by atoms with van der Waals surface area (Å²) in [5.74, 6) is -0.362. The molecule has 5 heteroatoms. The monoisotopic (exact) mass is 250 g/mol. The second kappa shape index (κ2) is 5.33. The third-order valence-electron chi connectivity index (χ3n) is 3.86. The Morgan fingerprint density at radius 1 is 1.50 bits per heavy atom. The predicted molar refractivity (Wildman–Crippen MR) is 65.9 cm³/mol. The average molecular weight is 250 g/mol. The number of rotatable bonds is 4. The molecule has 98 valence electrons. The summed E-state index contributed by atoms with van der Waals surface area (Å²) in [7, 11) is 0. The number of aromatic carboxylic acids is 1. The molecule has 1 heterocycles. The molecule has 0 aliphatic heterocycles. The number of aromatic nitrogens is 2. The molecule has 0 aromatic carbocycles. The fourth-order valence-corrected chi connectivity index (χ4v) is 2.66. The van der Waals surface area contributed by atoms with E-state index in [1.54, 1.807) is 10.9 Å². The van der Waals surface area contributed by atoms with Crippen molar-refractivity contribution in [1.29, 1.82) is 0 Å². The van der Waals surface area contributed by atoms with Crippen LogP contribution in [-0.2, 0) is 0 Å². The van der Waals surface area contributed by atoms with Gasteiger partial charge in [-0.3, -0.25) is 9.48 Å². The summed E-state index contributed by atoms with van der Waals surface area (Å²) in [5.41, 5.74) is 0.0303. The zero-order chi connectivity index (χ0) is 13.1. The van der Waals surface area contributed by atoms with Crippen molar-refractivity contribution in [3.63, 3.8) is 0 Å². The second-order valence-electron chi connectivity index (χ2n) is 4.92. The van der Waals surface area contributed by atoms with Crippen molar-refractivity contribution < 1.29 is 14.7 Å². The predicted octanol–water partition coefficient (Wildman–Crippen LogP) is 2.54. The van der Waals surface area contributed by atoms with Crippen molar-refractivity contribution in [1.82, 2.24) is 9.78 Å². The number of carboxylic acids is 1. The van der Waals surface area contributed by atoms with Crippen LogP contribution in [0.5, 0.6) is 0 Å². The van der Waals surface area contributed by atoms with Gasteiger partial charge in [-0.2, -0.15) is 5.10 Å². The first kappa shape index (κ1) is 12.8. The number of nitrogens with zero attached hydrogens (tertiary/aromatic N) is 2. The molecule has 1 saturated carbocycles. The molecule has 0 atom stereocenters. The normalized spacial score (nSPS) is 23.8. The van der Waals surface area contributed by atoms with Gasteiger partial charge in [0.1, 0.15) is 0 Å². The van der Waals surface area contributed by atoms with Crippen LogP contribution in [0.3, 0.4) is 0 Å². The first-order valence-corrected chi connectivity index (χ1v) is 6.43. The number of hydrogen-bond donors (Lipinski definition) is 1. The van der Waals surface area contributed by atoms with Crippen LogP contribution in [0.2, 0.25) is 0 Å². The first-order chi connectivity index (χ1) is 8.65. The Bertz CT molecular complexity index is 445. The molecule has 0 bridgehead atoms. The SMILES string of the molecule is CCC1CCC(n2cc(C=O)c(C(=O)O)n2)CC1. The molecule has 1 aromatic heterocycles. The zero-order valence-corrected chi connectivity index (χ0v) is 10.5. The molecule has 1 fully saturated rings. The van der Waals surface area contributed by atoms with E-state index in [0.29, 0.717) is 6.29 Å². The maximum atomic E-state index is 10.9. The lowest BCUT2D eigenvalue weighted by Crippen LogP contribution is -2.18. The number of carbonyl (C=O) groups excluding carboxylic acids is 1. The number of carbonyl (C=O) groups is 2. The standard InChI is InChI=1S/C13H18N2O3/c1-2-9-3-5-11(6-4-9)15-7-10(8-16)12(14-15)13(17)18/h7-9,11H,2-6H2,1H3,(H,17,18). The molecule has 1 N–H and O–H groups in total. The van der Waals surface area contributed by atoms with Gasteiger partial charge in [0.15, 0.2) is 12.0 Å². The van der Waals surface area contributed by atoms with E-state index >= 15 is 0 Å². The minimum absolute atomic E-state index is 0.136. The Labute approximate surface area is 106 Å². The maximum Gasteiger partial charge on any atom is 0.357 e. The lowest BCUT2D eigenvalue weighted by Gasteiger charge is -2.27. The summed E-state index contributed by atoms with van der Waals surface area (Å²) in [6, 6.07) is 0.236. The van der Waals surface area contributed by atoms with E-state index < -0.39 is 5.97 Å². The van der Waals surface area contributed by atoms with Crippen LogP contribution < -0.4 is 0 Å². The molecule has 0 saturated heterocycles. The molecule has 1 aromatic rings. The Kier molecular flexibility index (Phi) is 3.79. The highest BCUT2D eigenvalue weighted by atomic mass is 16.4. The number of hydrogen-bond acceptors (Lipinski definition) is 3. The lowest BCUT2D eigenvalue weighted by atomic mass is 9.85. The average Bonchev–Trinajstić information content (AvgIpc) is 2.83.